The highest BCUT2D eigenvalue weighted by Crippen LogP contribution is 2.02. The third kappa shape index (κ3) is 3.79. The van der Waals surface area contributed by atoms with Gasteiger partial charge in [0.05, 0.1) is 19.8 Å². The molecule has 7 heteroatoms. The molecule has 2 rings (SSSR count). The lowest BCUT2D eigenvalue weighted by Crippen LogP contribution is -2.46. The van der Waals surface area contributed by atoms with Crippen molar-refractivity contribution in [2.45, 2.75) is 6.92 Å². The zero-order valence-corrected chi connectivity index (χ0v) is 11.1. The SMILES string of the molecule is Cc1cccc(C(=O)NNC(=O)CN2CNC(=O)C2)c1. The molecule has 0 spiro atoms. The molecule has 0 bridgehead atoms. The first kappa shape index (κ1) is 14.0. The van der Waals surface area contributed by atoms with E-state index in [0.29, 0.717) is 12.2 Å². The second-order valence-corrected chi connectivity index (χ2v) is 4.62. The fraction of sp³-hybridized carbons (Fsp3) is 0.308. The van der Waals surface area contributed by atoms with E-state index in [2.05, 4.69) is 16.2 Å². The summed E-state index contributed by atoms with van der Waals surface area (Å²) in [6.45, 7) is 2.47. The maximum Gasteiger partial charge on any atom is 0.269 e. The van der Waals surface area contributed by atoms with E-state index in [1.807, 2.05) is 13.0 Å². The number of rotatable bonds is 3. The predicted octanol–water partition coefficient (Wildman–Crippen LogP) is -0.855. The topological polar surface area (TPSA) is 90.5 Å². The largest absolute Gasteiger partial charge is 0.342 e. The normalized spacial score (nSPS) is 14.8. The number of carbonyl (C=O) groups is 3. The summed E-state index contributed by atoms with van der Waals surface area (Å²) in [5.74, 6) is -0.859. The molecule has 1 aliphatic heterocycles. The average Bonchev–Trinajstić information content (AvgIpc) is 2.81. The van der Waals surface area contributed by atoms with Crippen LogP contribution in [0.15, 0.2) is 24.3 Å². The number of hydrazine groups is 1. The molecule has 1 aromatic rings. The Kier molecular flexibility index (Phi) is 4.31. The maximum absolute atomic E-state index is 11.8. The van der Waals surface area contributed by atoms with Gasteiger partial charge in [0.2, 0.25) is 5.91 Å². The summed E-state index contributed by atoms with van der Waals surface area (Å²) in [7, 11) is 0. The zero-order chi connectivity index (χ0) is 14.5. The van der Waals surface area contributed by atoms with E-state index in [0.717, 1.165) is 5.56 Å². The van der Waals surface area contributed by atoms with Crippen molar-refractivity contribution in [3.63, 3.8) is 0 Å². The molecule has 1 fully saturated rings. The number of benzene rings is 1. The Labute approximate surface area is 116 Å². The number of nitrogens with zero attached hydrogens (tertiary/aromatic N) is 1. The Morgan fingerprint density at radius 2 is 2.15 bits per heavy atom. The number of hydrogen-bond donors (Lipinski definition) is 3. The molecule has 1 heterocycles. The van der Waals surface area contributed by atoms with E-state index in [4.69, 9.17) is 0 Å². The minimum Gasteiger partial charge on any atom is -0.342 e. The van der Waals surface area contributed by atoms with Gasteiger partial charge in [-0.05, 0) is 19.1 Å². The van der Waals surface area contributed by atoms with Crippen LogP contribution in [-0.2, 0) is 9.59 Å². The summed E-state index contributed by atoms with van der Waals surface area (Å²) in [5, 5.41) is 2.59. The average molecular weight is 276 g/mol. The second-order valence-electron chi connectivity index (χ2n) is 4.62. The highest BCUT2D eigenvalue weighted by molar-refractivity contribution is 5.95. The van der Waals surface area contributed by atoms with Gasteiger partial charge in [0.25, 0.3) is 11.8 Å². The number of carbonyl (C=O) groups excluding carboxylic acids is 3. The molecular weight excluding hydrogens is 260 g/mol. The van der Waals surface area contributed by atoms with Crippen molar-refractivity contribution in [2.24, 2.45) is 0 Å². The molecule has 0 atom stereocenters. The fourth-order valence-electron chi connectivity index (χ4n) is 1.85. The molecule has 1 saturated heterocycles. The Hall–Kier alpha value is -2.41. The number of nitrogens with one attached hydrogen (secondary N) is 3. The van der Waals surface area contributed by atoms with Crippen molar-refractivity contribution < 1.29 is 14.4 Å². The van der Waals surface area contributed by atoms with E-state index < -0.39 is 0 Å². The van der Waals surface area contributed by atoms with Crippen LogP contribution < -0.4 is 16.2 Å². The van der Waals surface area contributed by atoms with Gasteiger partial charge in [-0.2, -0.15) is 0 Å². The lowest BCUT2D eigenvalue weighted by atomic mass is 10.1. The lowest BCUT2D eigenvalue weighted by molar-refractivity contribution is -0.123. The lowest BCUT2D eigenvalue weighted by Gasteiger charge is -2.13. The summed E-state index contributed by atoms with van der Waals surface area (Å²) in [6.07, 6.45) is 0. The summed E-state index contributed by atoms with van der Waals surface area (Å²) >= 11 is 0. The minimum absolute atomic E-state index is 0.0484. The molecular formula is C13H16N4O3. The van der Waals surface area contributed by atoms with Gasteiger partial charge in [0.1, 0.15) is 0 Å². The Morgan fingerprint density at radius 1 is 1.35 bits per heavy atom. The molecule has 7 nitrogen and oxygen atoms in total. The molecule has 3 amide bonds. The van der Waals surface area contributed by atoms with Gasteiger partial charge in [-0.15, -0.1) is 0 Å². The van der Waals surface area contributed by atoms with Gasteiger partial charge in [-0.25, -0.2) is 0 Å². The van der Waals surface area contributed by atoms with Crippen LogP contribution in [0.3, 0.4) is 0 Å². The van der Waals surface area contributed by atoms with E-state index in [-0.39, 0.29) is 30.8 Å². The Balaban J connectivity index is 1.78. The summed E-state index contributed by atoms with van der Waals surface area (Å²) < 4.78 is 0. The van der Waals surface area contributed by atoms with E-state index >= 15 is 0 Å². The van der Waals surface area contributed by atoms with Crippen molar-refractivity contribution >= 4 is 17.7 Å². The second kappa shape index (κ2) is 6.16. The van der Waals surface area contributed by atoms with Crippen LogP contribution in [0.25, 0.3) is 0 Å². The summed E-state index contributed by atoms with van der Waals surface area (Å²) in [6, 6.07) is 7.04. The van der Waals surface area contributed by atoms with Crippen LogP contribution in [-0.4, -0.2) is 42.4 Å². The van der Waals surface area contributed by atoms with Crippen molar-refractivity contribution in [3.05, 3.63) is 35.4 Å². The van der Waals surface area contributed by atoms with Crippen LogP contribution in [0.4, 0.5) is 0 Å². The van der Waals surface area contributed by atoms with Gasteiger partial charge in [-0.1, -0.05) is 17.7 Å². The molecule has 0 saturated carbocycles. The summed E-state index contributed by atoms with van der Waals surface area (Å²) in [4.78, 5) is 36.0. The third-order valence-corrected chi connectivity index (χ3v) is 2.83. The van der Waals surface area contributed by atoms with Crippen LogP contribution in [0, 0.1) is 6.92 Å². The van der Waals surface area contributed by atoms with Crippen molar-refractivity contribution in [1.82, 2.24) is 21.1 Å². The number of hydrogen-bond acceptors (Lipinski definition) is 4. The number of amides is 3. The van der Waals surface area contributed by atoms with Crippen LogP contribution in [0.5, 0.6) is 0 Å². The predicted molar refractivity (Wildman–Crippen MR) is 71.4 cm³/mol. The monoisotopic (exact) mass is 276 g/mol. The number of aryl methyl sites for hydroxylation is 1. The smallest absolute Gasteiger partial charge is 0.269 e. The Bertz CT molecular complexity index is 544. The van der Waals surface area contributed by atoms with Crippen molar-refractivity contribution in [2.75, 3.05) is 19.8 Å². The van der Waals surface area contributed by atoms with E-state index in [9.17, 15) is 14.4 Å². The third-order valence-electron chi connectivity index (χ3n) is 2.83. The highest BCUT2D eigenvalue weighted by atomic mass is 16.2. The van der Waals surface area contributed by atoms with E-state index in [1.54, 1.807) is 23.1 Å². The van der Waals surface area contributed by atoms with Gasteiger partial charge < -0.3 is 5.32 Å². The zero-order valence-electron chi connectivity index (χ0n) is 11.1. The molecule has 20 heavy (non-hydrogen) atoms. The molecule has 1 aromatic carbocycles. The van der Waals surface area contributed by atoms with Gasteiger partial charge in [0, 0.05) is 5.56 Å². The van der Waals surface area contributed by atoms with Crippen LogP contribution >= 0.6 is 0 Å². The van der Waals surface area contributed by atoms with Crippen molar-refractivity contribution in [1.29, 1.82) is 0 Å². The quantitative estimate of drug-likeness (QED) is 0.627. The van der Waals surface area contributed by atoms with Gasteiger partial charge in [-0.3, -0.25) is 30.1 Å². The molecule has 3 N–H and O–H groups in total. The standard InChI is InChI=1S/C13H16N4O3/c1-9-3-2-4-10(5-9)13(20)16-15-12(19)7-17-6-11(18)14-8-17/h2-5H,6-8H2,1H3,(H,14,18)(H,15,19)(H,16,20). The first-order chi connectivity index (χ1) is 9.54. The fourth-order valence-corrected chi connectivity index (χ4v) is 1.85. The first-order valence-corrected chi connectivity index (χ1v) is 6.19. The molecule has 0 aromatic heterocycles. The van der Waals surface area contributed by atoms with Gasteiger partial charge in [0.15, 0.2) is 0 Å². The first-order valence-electron chi connectivity index (χ1n) is 6.19. The summed E-state index contributed by atoms with van der Waals surface area (Å²) in [5.41, 5.74) is 6.10. The Morgan fingerprint density at radius 3 is 2.80 bits per heavy atom. The van der Waals surface area contributed by atoms with E-state index in [1.165, 1.54) is 0 Å². The van der Waals surface area contributed by atoms with Crippen LogP contribution in [0.2, 0.25) is 0 Å². The highest BCUT2D eigenvalue weighted by Gasteiger charge is 2.20. The molecule has 106 valence electrons. The van der Waals surface area contributed by atoms with Crippen LogP contribution in [0.1, 0.15) is 15.9 Å². The molecule has 0 radical (unpaired) electrons. The molecule has 0 unspecified atom stereocenters. The van der Waals surface area contributed by atoms with Crippen molar-refractivity contribution in [3.8, 4) is 0 Å². The molecule has 0 aliphatic carbocycles. The minimum atomic E-state index is -0.377. The van der Waals surface area contributed by atoms with Gasteiger partial charge >= 0.3 is 0 Å². The molecule has 1 aliphatic rings. The maximum atomic E-state index is 11.8.